The van der Waals surface area contributed by atoms with Crippen LogP contribution in [0.3, 0.4) is 0 Å². The van der Waals surface area contributed by atoms with Crippen LogP contribution in [0.4, 0.5) is 17.1 Å². The smallest absolute Gasteiger partial charge is 0.338 e. The van der Waals surface area contributed by atoms with E-state index in [9.17, 15) is 35.5 Å². The number of methoxy groups -OCH3 is 2. The minimum absolute atomic E-state index is 0.0759. The number of hydrogen-bond acceptors (Lipinski definition) is 14. The number of carbonyl (C=O) groups excluding carboxylic acids is 2. The predicted octanol–water partition coefficient (Wildman–Crippen LogP) is 7.91. The first-order chi connectivity index (χ1) is 29.7. The van der Waals surface area contributed by atoms with Gasteiger partial charge in [0.25, 0.3) is 5.01 Å². The van der Waals surface area contributed by atoms with Crippen LogP contribution in [0.15, 0.2) is 142 Å². The fourth-order valence-electron chi connectivity index (χ4n) is 7.43. The second-order valence-electron chi connectivity index (χ2n) is 14.3. The summed E-state index contributed by atoms with van der Waals surface area (Å²) in [5.41, 5.74) is 6.88. The number of hydrogen-bond donors (Lipinski definition) is 0. The van der Waals surface area contributed by atoms with Gasteiger partial charge in [-0.15, -0.1) is 0 Å². The van der Waals surface area contributed by atoms with Crippen LogP contribution in [0, 0.1) is 0 Å². The molecule has 4 aromatic carbocycles. The van der Waals surface area contributed by atoms with Crippen LogP contribution < -0.4 is 14.4 Å². The molecule has 1 aliphatic carbocycles. The number of thiazole rings is 1. The molecule has 5 aromatic rings. The van der Waals surface area contributed by atoms with Crippen LogP contribution in [-0.2, 0) is 36.3 Å². The molecule has 0 spiro atoms. The van der Waals surface area contributed by atoms with Gasteiger partial charge in [-0.1, -0.05) is 65.6 Å². The maximum absolute atomic E-state index is 12.5. The van der Waals surface area contributed by atoms with E-state index in [-0.39, 0.29) is 25.9 Å². The zero-order valence-corrected chi connectivity index (χ0v) is 37.0. The lowest BCUT2D eigenvalue weighted by atomic mass is 10.1. The van der Waals surface area contributed by atoms with Crippen LogP contribution in [0.25, 0.3) is 16.3 Å². The average molecular weight is 913 g/mol. The first kappa shape index (κ1) is 44.5. The molecule has 17 heteroatoms. The van der Waals surface area contributed by atoms with Gasteiger partial charge in [-0.3, -0.25) is 0 Å². The van der Waals surface area contributed by atoms with E-state index < -0.39 is 43.7 Å². The van der Waals surface area contributed by atoms with Gasteiger partial charge in [-0.25, -0.2) is 26.4 Å². The third kappa shape index (κ3) is 10.5. The van der Waals surface area contributed by atoms with Crippen molar-refractivity contribution in [3.05, 3.63) is 153 Å². The Morgan fingerprint density at radius 2 is 1.39 bits per heavy atom. The summed E-state index contributed by atoms with van der Waals surface area (Å²) in [7, 11) is -6.30. The Kier molecular flexibility index (Phi) is 13.8. The molecule has 0 amide bonds. The molecular formula is C45H42N3O10S4-. The van der Waals surface area contributed by atoms with E-state index in [1.807, 2.05) is 94.4 Å². The highest BCUT2D eigenvalue weighted by atomic mass is 32.2. The Bertz CT molecular complexity index is 2810. The zero-order chi connectivity index (χ0) is 44.0. The Hall–Kier alpha value is -5.56. The van der Waals surface area contributed by atoms with Crippen molar-refractivity contribution in [2.45, 2.75) is 37.1 Å². The van der Waals surface area contributed by atoms with Crippen molar-refractivity contribution < 1.29 is 49.6 Å². The standard InChI is InChI=1S/C45H43N3O10S4/c1-57-44(49)33-17-21-39-37(29-33)46(25-9-27-61(51,52)53)41(59-39)23-19-31-15-16-32(43(31)48(35-11-5-3-6-12-35)36-13-7-4-8-14-36)20-24-42-47(26-10-28-62(54,55)56)38-30-34(45(50)58-2)18-22-40(38)60-42/h3-8,11-14,17-24,29-30H,9-10,15-16,25-28H2,1-2H3,(H-,51,52,53,54,55,56)/p-1. The number of aryl methyl sites for hydroxylation is 1. The number of rotatable bonds is 16. The molecule has 322 valence electrons. The van der Waals surface area contributed by atoms with Gasteiger partial charge < -0.3 is 28.4 Å². The third-order valence-corrected chi connectivity index (χ3v) is 14.1. The molecule has 62 heavy (non-hydrogen) atoms. The molecule has 2 aliphatic rings. The van der Waals surface area contributed by atoms with Crippen molar-refractivity contribution in [3.63, 3.8) is 0 Å². The topological polar surface area (TPSA) is 177 Å². The molecular weight excluding hydrogens is 871 g/mol. The molecule has 0 N–H and O–H groups in total. The summed E-state index contributed by atoms with van der Waals surface area (Å²) in [4.78, 5) is 30.0. The zero-order valence-electron chi connectivity index (χ0n) is 33.8. The minimum Gasteiger partial charge on any atom is -0.748 e. The van der Waals surface area contributed by atoms with Crippen molar-refractivity contribution in [3.8, 4) is 0 Å². The number of para-hydroxylation sites is 2. The van der Waals surface area contributed by atoms with Crippen molar-refractivity contribution >= 4 is 88.6 Å². The highest BCUT2D eigenvalue weighted by Crippen LogP contribution is 2.47. The Labute approximate surface area is 368 Å². The lowest BCUT2D eigenvalue weighted by Crippen LogP contribution is -2.36. The molecule has 0 bridgehead atoms. The molecule has 1 aliphatic heterocycles. The van der Waals surface area contributed by atoms with Crippen LogP contribution >= 0.6 is 23.1 Å². The van der Waals surface area contributed by atoms with Crippen molar-refractivity contribution in [1.82, 2.24) is 0 Å². The maximum Gasteiger partial charge on any atom is 0.338 e. The quantitative estimate of drug-likeness (QED) is 0.0531. The second-order valence-corrected chi connectivity index (χ2v) is 19.5. The van der Waals surface area contributed by atoms with E-state index in [2.05, 4.69) is 17.1 Å². The molecule has 0 unspecified atom stereocenters. The van der Waals surface area contributed by atoms with Crippen LogP contribution in [-0.4, -0.2) is 70.1 Å². The molecule has 0 atom stereocenters. The van der Waals surface area contributed by atoms with E-state index in [0.29, 0.717) is 35.2 Å². The van der Waals surface area contributed by atoms with Gasteiger partial charge in [0.05, 0.1) is 62.0 Å². The number of fused-ring (bicyclic) bond motifs is 2. The van der Waals surface area contributed by atoms with E-state index in [1.165, 1.54) is 37.3 Å². The van der Waals surface area contributed by atoms with Crippen molar-refractivity contribution in [2.24, 2.45) is 0 Å². The SMILES string of the molecule is COC(=O)c1ccc2c(c1)N(CCCS(=O)(=O)[O-])/C(=C\C=C1/CCC(/C=C/c3sc4ccc(C(=O)OC)cc4[n+]3CCCS(=O)(=O)[O-])=C1N(c1ccccc1)c1ccccc1)S2. The summed E-state index contributed by atoms with van der Waals surface area (Å²) in [6.45, 7) is 0.434. The fraction of sp³-hybridized carbons (Fsp3) is 0.222. The number of anilines is 3. The Morgan fingerprint density at radius 3 is 2.02 bits per heavy atom. The van der Waals surface area contributed by atoms with Gasteiger partial charge in [0.15, 0.2) is 6.54 Å². The molecule has 13 nitrogen and oxygen atoms in total. The lowest BCUT2D eigenvalue weighted by Gasteiger charge is -2.28. The first-order valence-corrected chi connectivity index (χ1v) is 24.3. The molecule has 0 saturated heterocycles. The van der Waals surface area contributed by atoms with Gasteiger partial charge in [-0.05, 0) is 97.2 Å². The van der Waals surface area contributed by atoms with E-state index in [4.69, 9.17) is 9.47 Å². The number of nitrogens with zero attached hydrogens (tertiary/aromatic N) is 3. The first-order valence-electron chi connectivity index (χ1n) is 19.6. The monoisotopic (exact) mass is 912 g/mol. The number of thioether (sulfide) groups is 1. The number of esters is 2. The van der Waals surface area contributed by atoms with Gasteiger partial charge >= 0.3 is 11.9 Å². The fourth-order valence-corrected chi connectivity index (χ4v) is 10.5. The highest BCUT2D eigenvalue weighted by molar-refractivity contribution is 8.03. The van der Waals surface area contributed by atoms with E-state index in [1.54, 1.807) is 24.3 Å². The van der Waals surface area contributed by atoms with Gasteiger partial charge in [0.2, 0.25) is 5.52 Å². The predicted molar refractivity (Wildman–Crippen MR) is 239 cm³/mol. The summed E-state index contributed by atoms with van der Waals surface area (Å²) in [5.74, 6) is -2.09. The third-order valence-electron chi connectivity index (χ3n) is 10.2. The summed E-state index contributed by atoms with van der Waals surface area (Å²) in [6.07, 6.45) is 9.53. The normalized spacial score (nSPS) is 15.6. The van der Waals surface area contributed by atoms with Crippen LogP contribution in [0.2, 0.25) is 0 Å². The molecule has 0 radical (unpaired) electrons. The largest absolute Gasteiger partial charge is 0.748 e. The highest BCUT2D eigenvalue weighted by Gasteiger charge is 2.29. The summed E-state index contributed by atoms with van der Waals surface area (Å²) >= 11 is 2.94. The number of aromatic nitrogens is 1. The lowest BCUT2D eigenvalue weighted by molar-refractivity contribution is -0.668. The van der Waals surface area contributed by atoms with Gasteiger partial charge in [0.1, 0.15) is 4.70 Å². The van der Waals surface area contributed by atoms with Crippen LogP contribution in [0.5, 0.6) is 0 Å². The second kappa shape index (κ2) is 19.2. The molecule has 1 aromatic heterocycles. The number of carbonyl (C=O) groups is 2. The Morgan fingerprint density at radius 1 is 0.774 bits per heavy atom. The van der Waals surface area contributed by atoms with Crippen LogP contribution in [0.1, 0.15) is 51.4 Å². The molecule has 0 fully saturated rings. The van der Waals surface area contributed by atoms with E-state index >= 15 is 0 Å². The number of allylic oxidation sites excluding steroid dienone is 5. The molecule has 2 heterocycles. The summed E-state index contributed by atoms with van der Waals surface area (Å²) < 4.78 is 82.2. The molecule has 7 rings (SSSR count). The number of benzene rings is 4. The Balaban J connectivity index is 1.35. The molecule has 0 saturated carbocycles. The van der Waals surface area contributed by atoms with Gasteiger partial charge in [0, 0.05) is 52.9 Å². The van der Waals surface area contributed by atoms with Gasteiger partial charge in [-0.2, -0.15) is 4.57 Å². The average Bonchev–Trinajstić information content (AvgIpc) is 3.93. The number of ether oxygens (including phenoxy) is 2. The summed E-state index contributed by atoms with van der Waals surface area (Å²) in [5, 5.41) is 1.56. The maximum atomic E-state index is 12.5. The van der Waals surface area contributed by atoms with Crippen molar-refractivity contribution in [2.75, 3.05) is 42.1 Å². The minimum atomic E-state index is -4.45. The van der Waals surface area contributed by atoms with E-state index in [0.717, 1.165) is 47.9 Å². The van der Waals surface area contributed by atoms with Crippen molar-refractivity contribution in [1.29, 1.82) is 0 Å². The summed E-state index contributed by atoms with van der Waals surface area (Å²) in [6, 6.07) is 30.4.